The van der Waals surface area contributed by atoms with Gasteiger partial charge in [0.2, 0.25) is 0 Å². The molecular formula is C21H25N3O5. The van der Waals surface area contributed by atoms with E-state index in [0.717, 1.165) is 19.6 Å². The Morgan fingerprint density at radius 3 is 2.59 bits per heavy atom. The first-order valence-electron chi connectivity index (χ1n) is 9.44. The fourth-order valence-electron chi connectivity index (χ4n) is 2.86. The Hall–Kier alpha value is -3.10. The Kier molecular flexibility index (Phi) is 7.43. The van der Waals surface area contributed by atoms with E-state index < -0.39 is 5.91 Å². The van der Waals surface area contributed by atoms with Gasteiger partial charge in [-0.25, -0.2) is 0 Å². The number of methoxy groups -OCH3 is 1. The molecular weight excluding hydrogens is 374 g/mol. The average molecular weight is 399 g/mol. The summed E-state index contributed by atoms with van der Waals surface area (Å²) in [6.45, 7) is 4.28. The number of furan rings is 1. The monoisotopic (exact) mass is 399 g/mol. The molecule has 1 aliphatic rings. The summed E-state index contributed by atoms with van der Waals surface area (Å²) in [6, 6.07) is 10.1. The van der Waals surface area contributed by atoms with Gasteiger partial charge in [0.05, 0.1) is 26.6 Å². The number of hydrogen-bond acceptors (Lipinski definition) is 6. The van der Waals surface area contributed by atoms with Gasteiger partial charge >= 0.3 is 0 Å². The highest BCUT2D eigenvalue weighted by atomic mass is 16.5. The molecule has 0 spiro atoms. The summed E-state index contributed by atoms with van der Waals surface area (Å²) in [5.41, 5.74) is 0.528. The maximum absolute atomic E-state index is 12.7. The molecule has 1 saturated heterocycles. The van der Waals surface area contributed by atoms with Crippen LogP contribution in [0.15, 0.2) is 52.8 Å². The molecule has 0 saturated carbocycles. The van der Waals surface area contributed by atoms with Crippen LogP contribution in [-0.4, -0.2) is 63.2 Å². The van der Waals surface area contributed by atoms with Crippen LogP contribution in [-0.2, 0) is 9.53 Å². The minimum atomic E-state index is -0.395. The van der Waals surface area contributed by atoms with Crippen molar-refractivity contribution in [1.29, 1.82) is 0 Å². The fraction of sp³-hybridized carbons (Fsp3) is 0.333. The van der Waals surface area contributed by atoms with Crippen LogP contribution in [0, 0.1) is 0 Å². The van der Waals surface area contributed by atoms with Crippen molar-refractivity contribution in [2.45, 2.75) is 0 Å². The fourth-order valence-corrected chi connectivity index (χ4v) is 2.86. The number of hydrogen-bond donors (Lipinski definition) is 2. The van der Waals surface area contributed by atoms with Gasteiger partial charge in [-0.15, -0.1) is 0 Å². The van der Waals surface area contributed by atoms with Gasteiger partial charge in [-0.3, -0.25) is 14.5 Å². The van der Waals surface area contributed by atoms with E-state index in [0.29, 0.717) is 36.8 Å². The molecule has 0 radical (unpaired) electrons. The van der Waals surface area contributed by atoms with Gasteiger partial charge in [0.25, 0.3) is 11.8 Å². The van der Waals surface area contributed by atoms with Gasteiger partial charge in [0.1, 0.15) is 17.2 Å². The van der Waals surface area contributed by atoms with Crippen LogP contribution >= 0.6 is 0 Å². The zero-order valence-electron chi connectivity index (χ0n) is 16.3. The van der Waals surface area contributed by atoms with Crippen molar-refractivity contribution >= 4 is 17.9 Å². The third-order valence-corrected chi connectivity index (χ3v) is 4.49. The number of amides is 2. The van der Waals surface area contributed by atoms with Gasteiger partial charge < -0.3 is 24.5 Å². The van der Waals surface area contributed by atoms with E-state index in [1.807, 2.05) is 0 Å². The minimum absolute atomic E-state index is 0.114. The molecule has 2 aromatic rings. The van der Waals surface area contributed by atoms with Crippen LogP contribution in [0.25, 0.3) is 6.08 Å². The molecule has 1 aromatic carbocycles. The van der Waals surface area contributed by atoms with Gasteiger partial charge in [0.15, 0.2) is 0 Å². The molecule has 2 heterocycles. The lowest BCUT2D eigenvalue weighted by Gasteiger charge is -2.26. The molecule has 1 aliphatic heterocycles. The highest BCUT2D eigenvalue weighted by Gasteiger charge is 2.16. The lowest BCUT2D eigenvalue weighted by Crippen LogP contribution is -2.42. The number of carbonyl (C=O) groups is 2. The number of morpholine rings is 1. The topological polar surface area (TPSA) is 93.0 Å². The third-order valence-electron chi connectivity index (χ3n) is 4.49. The second kappa shape index (κ2) is 10.4. The lowest BCUT2D eigenvalue weighted by atomic mass is 10.2. The highest BCUT2D eigenvalue weighted by Crippen LogP contribution is 2.12. The van der Waals surface area contributed by atoms with E-state index in [-0.39, 0.29) is 11.6 Å². The van der Waals surface area contributed by atoms with Crippen molar-refractivity contribution < 1.29 is 23.5 Å². The summed E-state index contributed by atoms with van der Waals surface area (Å²) in [4.78, 5) is 27.5. The lowest BCUT2D eigenvalue weighted by molar-refractivity contribution is -0.117. The molecule has 0 aliphatic carbocycles. The highest BCUT2D eigenvalue weighted by molar-refractivity contribution is 6.05. The quantitative estimate of drug-likeness (QED) is 0.654. The average Bonchev–Trinajstić information content (AvgIpc) is 3.27. The molecule has 8 heteroatoms. The second-order valence-electron chi connectivity index (χ2n) is 6.47. The molecule has 29 heavy (non-hydrogen) atoms. The summed E-state index contributed by atoms with van der Waals surface area (Å²) in [5, 5.41) is 5.52. The van der Waals surface area contributed by atoms with Crippen molar-refractivity contribution in [2.75, 3.05) is 46.5 Å². The van der Waals surface area contributed by atoms with E-state index in [1.165, 1.54) is 12.3 Å². The van der Waals surface area contributed by atoms with Crippen LogP contribution in [0.4, 0.5) is 0 Å². The molecule has 2 amide bonds. The van der Waals surface area contributed by atoms with Gasteiger partial charge in [-0.05, 0) is 36.4 Å². The number of nitrogens with one attached hydrogen (secondary N) is 2. The smallest absolute Gasteiger partial charge is 0.267 e. The summed E-state index contributed by atoms with van der Waals surface area (Å²) in [6.07, 6.45) is 3.01. The number of benzene rings is 1. The molecule has 1 fully saturated rings. The summed E-state index contributed by atoms with van der Waals surface area (Å²) in [5.74, 6) is 0.345. The number of carbonyl (C=O) groups excluding carboxylic acids is 2. The number of ether oxygens (including phenoxy) is 2. The summed E-state index contributed by atoms with van der Waals surface area (Å²) in [7, 11) is 1.56. The van der Waals surface area contributed by atoms with Crippen LogP contribution in [0.2, 0.25) is 0 Å². The van der Waals surface area contributed by atoms with E-state index in [2.05, 4.69) is 15.5 Å². The van der Waals surface area contributed by atoms with Crippen LogP contribution < -0.4 is 15.4 Å². The van der Waals surface area contributed by atoms with Gasteiger partial charge in [0, 0.05) is 37.8 Å². The first-order chi connectivity index (χ1) is 14.2. The normalized spacial score (nSPS) is 15.0. The minimum Gasteiger partial charge on any atom is -0.497 e. The van der Waals surface area contributed by atoms with Crippen molar-refractivity contribution in [2.24, 2.45) is 0 Å². The van der Waals surface area contributed by atoms with E-state index in [1.54, 1.807) is 43.5 Å². The Labute approximate surface area is 169 Å². The SMILES string of the molecule is COc1ccc(C(=O)N/C(=C/c2ccco2)C(=O)NCCN2CCOCC2)cc1. The van der Waals surface area contributed by atoms with Gasteiger partial charge in [-0.2, -0.15) is 0 Å². The largest absolute Gasteiger partial charge is 0.497 e. The van der Waals surface area contributed by atoms with Crippen molar-refractivity contribution in [3.05, 3.63) is 59.7 Å². The molecule has 0 atom stereocenters. The summed E-state index contributed by atoms with van der Waals surface area (Å²) < 4.78 is 15.7. The Bertz CT molecular complexity index is 825. The number of rotatable bonds is 8. The van der Waals surface area contributed by atoms with E-state index in [4.69, 9.17) is 13.9 Å². The zero-order chi connectivity index (χ0) is 20.5. The van der Waals surface area contributed by atoms with Gasteiger partial charge in [-0.1, -0.05) is 0 Å². The zero-order valence-corrected chi connectivity index (χ0v) is 16.3. The molecule has 0 bridgehead atoms. The molecule has 0 unspecified atom stereocenters. The first-order valence-corrected chi connectivity index (χ1v) is 9.44. The molecule has 3 rings (SSSR count). The van der Waals surface area contributed by atoms with Crippen LogP contribution in [0.1, 0.15) is 16.1 Å². The van der Waals surface area contributed by atoms with E-state index >= 15 is 0 Å². The number of nitrogens with zero attached hydrogens (tertiary/aromatic N) is 1. The second-order valence-corrected chi connectivity index (χ2v) is 6.47. The summed E-state index contributed by atoms with van der Waals surface area (Å²) >= 11 is 0. The van der Waals surface area contributed by atoms with E-state index in [9.17, 15) is 9.59 Å². The Balaban J connectivity index is 1.63. The van der Waals surface area contributed by atoms with Crippen molar-refractivity contribution in [1.82, 2.24) is 15.5 Å². The molecule has 1 aromatic heterocycles. The van der Waals surface area contributed by atoms with Crippen LogP contribution in [0.3, 0.4) is 0 Å². The predicted octanol–water partition coefficient (Wildman–Crippen LogP) is 1.51. The first kappa shape index (κ1) is 20.6. The van der Waals surface area contributed by atoms with Crippen molar-refractivity contribution in [3.63, 3.8) is 0 Å². The Morgan fingerprint density at radius 2 is 1.93 bits per heavy atom. The standard InChI is InChI=1S/C21H25N3O5/c1-27-17-6-4-16(5-7-17)20(25)23-19(15-18-3-2-12-29-18)21(26)22-8-9-24-10-13-28-14-11-24/h2-7,12,15H,8-11,13-14H2,1H3,(H,22,26)(H,23,25)/b19-15+. The maximum Gasteiger partial charge on any atom is 0.267 e. The maximum atomic E-state index is 12.7. The predicted molar refractivity (Wildman–Crippen MR) is 107 cm³/mol. The Morgan fingerprint density at radius 1 is 1.17 bits per heavy atom. The van der Waals surface area contributed by atoms with Crippen LogP contribution in [0.5, 0.6) is 5.75 Å². The third kappa shape index (κ3) is 6.20. The molecule has 154 valence electrons. The molecule has 8 nitrogen and oxygen atoms in total. The van der Waals surface area contributed by atoms with Crippen molar-refractivity contribution in [3.8, 4) is 5.75 Å². The molecule has 2 N–H and O–H groups in total.